The van der Waals surface area contributed by atoms with Gasteiger partial charge in [0.15, 0.2) is 0 Å². The maximum Gasteiger partial charge on any atom is 0.290 e. The first-order chi connectivity index (χ1) is 11.2. The molecule has 1 aliphatic rings. The largest absolute Gasteiger partial charge is 0.349 e. The minimum Gasteiger partial charge on any atom is -0.349 e. The van der Waals surface area contributed by atoms with E-state index in [1.165, 1.54) is 11.0 Å². The van der Waals surface area contributed by atoms with E-state index in [1.807, 2.05) is 6.07 Å². The SMILES string of the molecule is C[C@H]1NCC[C@H]1CNC(=O)c1ncn(-c2cccc(C#N)c2)n1. The smallest absolute Gasteiger partial charge is 0.290 e. The molecule has 3 rings (SSSR count). The average molecular weight is 310 g/mol. The lowest BCUT2D eigenvalue weighted by molar-refractivity contribution is 0.0936. The van der Waals surface area contributed by atoms with Crippen LogP contribution in [-0.4, -0.2) is 39.8 Å². The highest BCUT2D eigenvalue weighted by Gasteiger charge is 2.23. The Morgan fingerprint density at radius 2 is 2.43 bits per heavy atom. The van der Waals surface area contributed by atoms with Crippen molar-refractivity contribution in [2.75, 3.05) is 13.1 Å². The molecule has 2 atom stereocenters. The summed E-state index contributed by atoms with van der Waals surface area (Å²) in [4.78, 5) is 16.2. The molecule has 7 heteroatoms. The summed E-state index contributed by atoms with van der Waals surface area (Å²) in [5.74, 6) is 0.290. The summed E-state index contributed by atoms with van der Waals surface area (Å²) >= 11 is 0. The molecule has 1 amide bonds. The number of nitrogens with one attached hydrogen (secondary N) is 2. The Morgan fingerprint density at radius 3 is 3.17 bits per heavy atom. The first kappa shape index (κ1) is 15.2. The van der Waals surface area contributed by atoms with Gasteiger partial charge in [0, 0.05) is 12.6 Å². The summed E-state index contributed by atoms with van der Waals surface area (Å²) < 4.78 is 1.50. The lowest BCUT2D eigenvalue weighted by Gasteiger charge is -2.14. The zero-order chi connectivity index (χ0) is 16.2. The van der Waals surface area contributed by atoms with Gasteiger partial charge in [-0.1, -0.05) is 6.07 Å². The second-order valence-electron chi connectivity index (χ2n) is 5.68. The monoisotopic (exact) mass is 310 g/mol. The van der Waals surface area contributed by atoms with Crippen molar-refractivity contribution in [2.45, 2.75) is 19.4 Å². The van der Waals surface area contributed by atoms with Gasteiger partial charge in [0.1, 0.15) is 6.33 Å². The molecule has 1 aliphatic heterocycles. The van der Waals surface area contributed by atoms with Gasteiger partial charge in [-0.05, 0) is 44.0 Å². The molecule has 0 radical (unpaired) electrons. The minimum absolute atomic E-state index is 0.131. The van der Waals surface area contributed by atoms with Crippen molar-refractivity contribution in [3.8, 4) is 11.8 Å². The Labute approximate surface area is 134 Å². The highest BCUT2D eigenvalue weighted by atomic mass is 16.2. The van der Waals surface area contributed by atoms with Crippen molar-refractivity contribution in [1.82, 2.24) is 25.4 Å². The summed E-state index contributed by atoms with van der Waals surface area (Å²) in [7, 11) is 0. The molecule has 1 saturated heterocycles. The van der Waals surface area contributed by atoms with Crippen molar-refractivity contribution >= 4 is 5.91 Å². The Hall–Kier alpha value is -2.72. The van der Waals surface area contributed by atoms with Crippen molar-refractivity contribution < 1.29 is 4.79 Å². The second-order valence-corrected chi connectivity index (χ2v) is 5.68. The van der Waals surface area contributed by atoms with E-state index in [9.17, 15) is 4.79 Å². The van der Waals surface area contributed by atoms with Gasteiger partial charge < -0.3 is 10.6 Å². The van der Waals surface area contributed by atoms with Crippen LogP contribution in [0.2, 0.25) is 0 Å². The minimum atomic E-state index is -0.278. The quantitative estimate of drug-likeness (QED) is 0.873. The molecule has 118 valence electrons. The summed E-state index contributed by atoms with van der Waals surface area (Å²) in [6, 6.07) is 9.47. The summed E-state index contributed by atoms with van der Waals surface area (Å²) in [6.07, 6.45) is 2.54. The van der Waals surface area contributed by atoms with Crippen LogP contribution in [0.1, 0.15) is 29.5 Å². The zero-order valence-corrected chi connectivity index (χ0v) is 12.9. The van der Waals surface area contributed by atoms with E-state index in [2.05, 4.69) is 33.7 Å². The van der Waals surface area contributed by atoms with E-state index in [4.69, 9.17) is 5.26 Å². The highest BCUT2D eigenvalue weighted by molar-refractivity contribution is 5.90. The van der Waals surface area contributed by atoms with Gasteiger partial charge in [-0.3, -0.25) is 4.79 Å². The van der Waals surface area contributed by atoms with E-state index in [1.54, 1.807) is 18.2 Å². The molecular weight excluding hydrogens is 292 g/mol. The van der Waals surface area contributed by atoms with Crippen molar-refractivity contribution in [2.24, 2.45) is 5.92 Å². The summed E-state index contributed by atoms with van der Waals surface area (Å²) in [5, 5.41) is 19.4. The zero-order valence-electron chi connectivity index (χ0n) is 12.9. The molecule has 1 aromatic heterocycles. The molecule has 1 fully saturated rings. The van der Waals surface area contributed by atoms with Crippen molar-refractivity contribution in [1.29, 1.82) is 5.26 Å². The number of carbonyl (C=O) groups excluding carboxylic acids is 1. The molecule has 2 N–H and O–H groups in total. The standard InChI is InChI=1S/C16H18N6O/c1-11-13(5-6-18-11)9-19-16(23)15-20-10-22(21-15)14-4-2-3-12(7-14)8-17/h2-4,7,10-11,13,18H,5-6,9H2,1H3,(H,19,23)/t11-,13+/m1/s1. The summed E-state index contributed by atoms with van der Waals surface area (Å²) in [6.45, 7) is 3.73. The predicted octanol–water partition coefficient (Wildman–Crippen LogP) is 0.867. The van der Waals surface area contributed by atoms with Crippen LogP contribution in [0, 0.1) is 17.2 Å². The molecule has 0 aliphatic carbocycles. The van der Waals surface area contributed by atoms with Gasteiger partial charge in [0.2, 0.25) is 5.82 Å². The fourth-order valence-electron chi connectivity index (χ4n) is 2.70. The second kappa shape index (κ2) is 6.58. The van der Waals surface area contributed by atoms with Crippen LogP contribution in [0.3, 0.4) is 0 Å². The third kappa shape index (κ3) is 3.38. The molecular formula is C16H18N6O. The number of nitriles is 1. The molecule has 7 nitrogen and oxygen atoms in total. The topological polar surface area (TPSA) is 95.6 Å². The number of carbonyl (C=O) groups is 1. The van der Waals surface area contributed by atoms with Gasteiger partial charge >= 0.3 is 0 Å². The number of hydrogen-bond donors (Lipinski definition) is 2. The first-order valence-corrected chi connectivity index (χ1v) is 7.61. The van der Waals surface area contributed by atoms with E-state index >= 15 is 0 Å². The molecule has 2 heterocycles. The molecule has 2 aromatic rings. The normalized spacial score (nSPS) is 20.2. The Morgan fingerprint density at radius 1 is 1.57 bits per heavy atom. The third-order valence-electron chi connectivity index (χ3n) is 4.15. The maximum absolute atomic E-state index is 12.2. The van der Waals surface area contributed by atoms with Crippen LogP contribution in [0.15, 0.2) is 30.6 Å². The predicted molar refractivity (Wildman–Crippen MR) is 84.0 cm³/mol. The van der Waals surface area contributed by atoms with Crippen LogP contribution in [0.4, 0.5) is 0 Å². The number of benzene rings is 1. The summed E-state index contributed by atoms with van der Waals surface area (Å²) in [5.41, 5.74) is 1.23. The van der Waals surface area contributed by atoms with Gasteiger partial charge in [0.05, 0.1) is 17.3 Å². The van der Waals surface area contributed by atoms with E-state index in [0.29, 0.717) is 29.8 Å². The molecule has 23 heavy (non-hydrogen) atoms. The molecule has 1 aromatic carbocycles. The van der Waals surface area contributed by atoms with Crippen LogP contribution in [0.25, 0.3) is 5.69 Å². The molecule has 0 spiro atoms. The number of hydrogen-bond acceptors (Lipinski definition) is 5. The van der Waals surface area contributed by atoms with Crippen LogP contribution in [-0.2, 0) is 0 Å². The third-order valence-corrected chi connectivity index (χ3v) is 4.15. The highest BCUT2D eigenvalue weighted by Crippen LogP contribution is 2.14. The number of aromatic nitrogens is 3. The van der Waals surface area contributed by atoms with Crippen LogP contribution >= 0.6 is 0 Å². The number of amides is 1. The van der Waals surface area contributed by atoms with Crippen LogP contribution < -0.4 is 10.6 Å². The fourth-order valence-corrected chi connectivity index (χ4v) is 2.70. The van der Waals surface area contributed by atoms with Crippen LogP contribution in [0.5, 0.6) is 0 Å². The maximum atomic E-state index is 12.2. The fraction of sp³-hybridized carbons (Fsp3) is 0.375. The lowest BCUT2D eigenvalue weighted by Crippen LogP contribution is -2.34. The van der Waals surface area contributed by atoms with E-state index in [-0.39, 0.29) is 11.7 Å². The van der Waals surface area contributed by atoms with Gasteiger partial charge in [-0.15, -0.1) is 5.10 Å². The van der Waals surface area contributed by atoms with Gasteiger partial charge in [-0.2, -0.15) is 5.26 Å². The molecule has 0 unspecified atom stereocenters. The Kier molecular flexibility index (Phi) is 4.35. The molecule has 0 bridgehead atoms. The Balaban J connectivity index is 1.66. The molecule has 0 saturated carbocycles. The lowest BCUT2D eigenvalue weighted by atomic mass is 10.0. The average Bonchev–Trinajstić information content (AvgIpc) is 3.22. The number of rotatable bonds is 4. The first-order valence-electron chi connectivity index (χ1n) is 7.61. The Bertz CT molecular complexity index is 747. The van der Waals surface area contributed by atoms with Crippen molar-refractivity contribution in [3.63, 3.8) is 0 Å². The van der Waals surface area contributed by atoms with Gasteiger partial charge in [0.25, 0.3) is 5.91 Å². The van der Waals surface area contributed by atoms with Crippen molar-refractivity contribution in [3.05, 3.63) is 42.0 Å². The van der Waals surface area contributed by atoms with Gasteiger partial charge in [-0.25, -0.2) is 9.67 Å². The van der Waals surface area contributed by atoms with E-state index in [0.717, 1.165) is 13.0 Å². The van der Waals surface area contributed by atoms with E-state index < -0.39 is 0 Å². The number of nitrogens with zero attached hydrogens (tertiary/aromatic N) is 4.